The summed E-state index contributed by atoms with van der Waals surface area (Å²) < 4.78 is 0. The summed E-state index contributed by atoms with van der Waals surface area (Å²) in [6.07, 6.45) is 18.8. The summed E-state index contributed by atoms with van der Waals surface area (Å²) in [5.41, 5.74) is 4.00. The first kappa shape index (κ1) is 28.2. The minimum atomic E-state index is -0.494. The van der Waals surface area contributed by atoms with Crippen LogP contribution in [0.25, 0.3) is 0 Å². The van der Waals surface area contributed by atoms with E-state index >= 15 is 0 Å². The average molecular weight is 482 g/mol. The van der Waals surface area contributed by atoms with Crippen LogP contribution in [0.15, 0.2) is 48.1 Å². The Balaban J connectivity index is 1.39. The van der Waals surface area contributed by atoms with Gasteiger partial charge in [-0.1, -0.05) is 86.7 Å². The van der Waals surface area contributed by atoms with Crippen molar-refractivity contribution in [2.24, 2.45) is 17.8 Å². The first-order valence-corrected chi connectivity index (χ1v) is 14.5. The molecule has 0 aliphatic heterocycles. The van der Waals surface area contributed by atoms with E-state index in [-0.39, 0.29) is 12.0 Å². The van der Waals surface area contributed by atoms with Gasteiger partial charge in [0.1, 0.15) is 0 Å². The van der Waals surface area contributed by atoms with Crippen LogP contribution < -0.4 is 0 Å². The van der Waals surface area contributed by atoms with Gasteiger partial charge in [0.05, 0.1) is 12.2 Å². The third-order valence-electron chi connectivity index (χ3n) is 8.16. The van der Waals surface area contributed by atoms with Crippen molar-refractivity contribution in [3.05, 3.63) is 59.2 Å². The van der Waals surface area contributed by atoms with Crippen molar-refractivity contribution in [3.8, 4) is 0 Å². The van der Waals surface area contributed by atoms with Crippen LogP contribution in [0.2, 0.25) is 0 Å². The monoisotopic (exact) mass is 481 g/mol. The molecule has 3 heteroatoms. The molecule has 35 heavy (non-hydrogen) atoms. The molecule has 196 valence electrons. The summed E-state index contributed by atoms with van der Waals surface area (Å²) >= 11 is 0. The lowest BCUT2D eigenvalue weighted by atomic mass is 9.88. The topological polar surface area (TPSA) is 43.7 Å². The maximum absolute atomic E-state index is 10.7. The Morgan fingerprint density at radius 2 is 1.77 bits per heavy atom. The van der Waals surface area contributed by atoms with E-state index < -0.39 is 6.10 Å². The Morgan fingerprint density at radius 3 is 2.49 bits per heavy atom. The standard InChI is InChI=1S/C32H51NO2/c1-4-6-17-33(18-7-5-2)19-10-8-9-13-27-21-28-24-32(35)30(31(28)23-27)16-15-29(34)22-26-14-11-12-25(3)20-26/h11-12,14-16,20-21,28-32,34-35H,4-10,13,17-19,22-24H2,1-3H3/t28-,29-,30+,31-,32+/m0/s1. The zero-order valence-electron chi connectivity index (χ0n) is 22.7. The summed E-state index contributed by atoms with van der Waals surface area (Å²) in [4.78, 5) is 2.68. The van der Waals surface area contributed by atoms with Crippen LogP contribution in [-0.4, -0.2) is 47.0 Å². The van der Waals surface area contributed by atoms with Crippen LogP contribution in [0.4, 0.5) is 0 Å². The van der Waals surface area contributed by atoms with E-state index in [1.54, 1.807) is 5.57 Å². The van der Waals surface area contributed by atoms with Gasteiger partial charge < -0.3 is 15.1 Å². The van der Waals surface area contributed by atoms with Crippen molar-refractivity contribution in [2.75, 3.05) is 19.6 Å². The van der Waals surface area contributed by atoms with Crippen LogP contribution in [0.3, 0.4) is 0 Å². The number of aliphatic hydroxyl groups is 2. The molecule has 3 nitrogen and oxygen atoms in total. The summed E-state index contributed by atoms with van der Waals surface area (Å²) in [7, 11) is 0. The van der Waals surface area contributed by atoms with Crippen molar-refractivity contribution >= 4 is 0 Å². The molecular formula is C32H51NO2. The van der Waals surface area contributed by atoms with Crippen LogP contribution in [0.5, 0.6) is 0 Å². The molecule has 0 unspecified atom stereocenters. The number of hydrogen-bond acceptors (Lipinski definition) is 3. The second kappa shape index (κ2) is 15.0. The van der Waals surface area contributed by atoms with Gasteiger partial charge in [-0.2, -0.15) is 0 Å². The molecular weight excluding hydrogens is 430 g/mol. The molecule has 1 aromatic rings. The second-order valence-electron chi connectivity index (χ2n) is 11.2. The van der Waals surface area contributed by atoms with Crippen molar-refractivity contribution < 1.29 is 10.2 Å². The summed E-state index contributed by atoms with van der Waals surface area (Å²) in [6.45, 7) is 10.4. The molecule has 1 fully saturated rings. The Morgan fingerprint density at radius 1 is 1.03 bits per heavy atom. The highest BCUT2D eigenvalue weighted by Crippen LogP contribution is 2.48. The lowest BCUT2D eigenvalue weighted by Gasteiger charge is -2.22. The largest absolute Gasteiger partial charge is 0.392 e. The van der Waals surface area contributed by atoms with Gasteiger partial charge in [-0.05, 0) is 88.9 Å². The minimum absolute atomic E-state index is 0.173. The minimum Gasteiger partial charge on any atom is -0.392 e. The fourth-order valence-corrected chi connectivity index (χ4v) is 6.16. The number of benzene rings is 1. The highest BCUT2D eigenvalue weighted by Gasteiger charge is 2.43. The van der Waals surface area contributed by atoms with Gasteiger partial charge in [0, 0.05) is 12.3 Å². The zero-order chi connectivity index (χ0) is 25.0. The number of rotatable bonds is 16. The van der Waals surface area contributed by atoms with E-state index in [2.05, 4.69) is 56.0 Å². The normalized spacial score (nSPS) is 24.9. The van der Waals surface area contributed by atoms with Gasteiger partial charge in [0.2, 0.25) is 0 Å². The van der Waals surface area contributed by atoms with E-state index in [1.165, 1.54) is 76.6 Å². The molecule has 0 amide bonds. The highest BCUT2D eigenvalue weighted by atomic mass is 16.3. The van der Waals surface area contributed by atoms with Gasteiger partial charge in [-0.3, -0.25) is 0 Å². The van der Waals surface area contributed by atoms with Crippen LogP contribution >= 0.6 is 0 Å². The quantitative estimate of drug-likeness (QED) is 0.200. The van der Waals surface area contributed by atoms with E-state index in [0.29, 0.717) is 18.3 Å². The summed E-state index contributed by atoms with van der Waals surface area (Å²) in [5, 5.41) is 21.2. The molecule has 3 rings (SSSR count). The Kier molecular flexibility index (Phi) is 12.0. The molecule has 0 radical (unpaired) electrons. The van der Waals surface area contributed by atoms with E-state index in [1.807, 2.05) is 12.1 Å². The van der Waals surface area contributed by atoms with Crippen molar-refractivity contribution in [1.29, 1.82) is 0 Å². The Hall–Kier alpha value is -1.42. The predicted octanol–water partition coefficient (Wildman–Crippen LogP) is 6.86. The van der Waals surface area contributed by atoms with Crippen molar-refractivity contribution in [1.82, 2.24) is 4.90 Å². The van der Waals surface area contributed by atoms with Crippen LogP contribution in [0, 0.1) is 24.7 Å². The van der Waals surface area contributed by atoms with E-state index in [0.717, 1.165) is 18.4 Å². The smallest absolute Gasteiger partial charge is 0.0761 e. The van der Waals surface area contributed by atoms with Gasteiger partial charge in [0.25, 0.3) is 0 Å². The number of aliphatic hydroxyl groups excluding tert-OH is 2. The zero-order valence-corrected chi connectivity index (χ0v) is 22.7. The molecule has 1 aromatic carbocycles. The van der Waals surface area contributed by atoms with Gasteiger partial charge >= 0.3 is 0 Å². The number of nitrogens with zero attached hydrogens (tertiary/aromatic N) is 1. The van der Waals surface area contributed by atoms with E-state index in [9.17, 15) is 10.2 Å². The SMILES string of the molecule is CCCCN(CCCC)CCCCCC1=C[C@H]2C[C@@H](O)[C@H](C=C[C@H](O)Cc3cccc(C)c3)[C@H]2C1. The average Bonchev–Trinajstić information content (AvgIpc) is 3.34. The first-order valence-electron chi connectivity index (χ1n) is 14.5. The molecule has 2 aliphatic carbocycles. The van der Waals surface area contributed by atoms with Crippen molar-refractivity contribution in [2.45, 2.75) is 104 Å². The molecule has 1 saturated carbocycles. The fourth-order valence-electron chi connectivity index (χ4n) is 6.16. The van der Waals surface area contributed by atoms with Crippen molar-refractivity contribution in [3.63, 3.8) is 0 Å². The molecule has 0 aromatic heterocycles. The van der Waals surface area contributed by atoms with Gasteiger partial charge in [-0.15, -0.1) is 0 Å². The second-order valence-corrected chi connectivity index (χ2v) is 11.2. The predicted molar refractivity (Wildman–Crippen MR) is 149 cm³/mol. The van der Waals surface area contributed by atoms with Gasteiger partial charge in [0.15, 0.2) is 0 Å². The Bertz CT molecular complexity index is 793. The molecule has 0 spiro atoms. The van der Waals surface area contributed by atoms with Crippen LogP contribution in [-0.2, 0) is 6.42 Å². The molecule has 5 atom stereocenters. The Labute approximate surface area is 215 Å². The highest BCUT2D eigenvalue weighted by molar-refractivity contribution is 5.24. The molecule has 0 bridgehead atoms. The summed E-state index contributed by atoms with van der Waals surface area (Å²) in [6, 6.07) is 8.35. The number of aryl methyl sites for hydroxylation is 1. The van der Waals surface area contributed by atoms with E-state index in [4.69, 9.17) is 0 Å². The number of unbranched alkanes of at least 4 members (excludes halogenated alkanes) is 4. The van der Waals surface area contributed by atoms with Gasteiger partial charge in [-0.25, -0.2) is 0 Å². The third-order valence-corrected chi connectivity index (χ3v) is 8.16. The molecule has 0 saturated heterocycles. The first-order chi connectivity index (χ1) is 17.0. The maximum Gasteiger partial charge on any atom is 0.0761 e. The lowest BCUT2D eigenvalue weighted by molar-refractivity contribution is 0.140. The molecule has 2 aliphatic rings. The van der Waals surface area contributed by atoms with Crippen LogP contribution in [0.1, 0.15) is 89.2 Å². The number of hydrogen-bond donors (Lipinski definition) is 2. The maximum atomic E-state index is 10.7. The number of fused-ring (bicyclic) bond motifs is 1. The number of allylic oxidation sites excluding steroid dienone is 2. The fraction of sp³-hybridized carbons (Fsp3) is 0.688. The summed E-state index contributed by atoms with van der Waals surface area (Å²) in [5.74, 6) is 1.20. The molecule has 2 N–H and O–H groups in total. The molecule has 0 heterocycles. The third kappa shape index (κ3) is 9.19. The lowest BCUT2D eigenvalue weighted by Crippen LogP contribution is -2.27.